The molecular formula is C16H19N5OS. The standard InChI is InChI=1S/C16H19N5OS/c1-16(2,3)21-7-6-17-15(21)23-10-14(22)19-12-5-4-11-9-18-20-13(11)8-12/h4-9H,10H2,1-3H3,(H,18,20)(H,19,22). The molecule has 2 heterocycles. The number of carbonyl (C=O) groups excluding carboxylic acids is 1. The summed E-state index contributed by atoms with van der Waals surface area (Å²) in [5, 5.41) is 11.6. The van der Waals surface area contributed by atoms with Crippen molar-refractivity contribution in [1.82, 2.24) is 19.7 Å². The number of anilines is 1. The minimum absolute atomic E-state index is 0.0546. The van der Waals surface area contributed by atoms with Gasteiger partial charge >= 0.3 is 0 Å². The zero-order valence-corrected chi connectivity index (χ0v) is 14.1. The van der Waals surface area contributed by atoms with Gasteiger partial charge < -0.3 is 9.88 Å². The van der Waals surface area contributed by atoms with Gasteiger partial charge in [-0.05, 0) is 39.0 Å². The van der Waals surface area contributed by atoms with Crippen molar-refractivity contribution in [3.8, 4) is 0 Å². The molecule has 3 rings (SSSR count). The van der Waals surface area contributed by atoms with Crippen LogP contribution in [-0.2, 0) is 10.3 Å². The number of nitrogens with one attached hydrogen (secondary N) is 2. The summed E-state index contributed by atoms with van der Waals surface area (Å²) in [5.41, 5.74) is 1.60. The van der Waals surface area contributed by atoms with Gasteiger partial charge in [0.15, 0.2) is 5.16 Å². The van der Waals surface area contributed by atoms with Gasteiger partial charge in [0.05, 0.1) is 17.5 Å². The lowest BCUT2D eigenvalue weighted by Gasteiger charge is -2.22. The van der Waals surface area contributed by atoms with Crippen molar-refractivity contribution in [2.45, 2.75) is 31.5 Å². The second kappa shape index (κ2) is 6.08. The lowest BCUT2D eigenvalue weighted by molar-refractivity contribution is -0.113. The number of fused-ring (bicyclic) bond motifs is 1. The van der Waals surface area contributed by atoms with E-state index >= 15 is 0 Å². The van der Waals surface area contributed by atoms with Crippen LogP contribution in [0.15, 0.2) is 41.9 Å². The van der Waals surface area contributed by atoms with Crippen molar-refractivity contribution in [1.29, 1.82) is 0 Å². The van der Waals surface area contributed by atoms with Crippen LogP contribution in [0.3, 0.4) is 0 Å². The van der Waals surface area contributed by atoms with Gasteiger partial charge in [0.25, 0.3) is 0 Å². The van der Waals surface area contributed by atoms with E-state index in [0.29, 0.717) is 5.75 Å². The average molecular weight is 329 g/mol. The van der Waals surface area contributed by atoms with Crippen LogP contribution in [0.4, 0.5) is 5.69 Å². The fourth-order valence-electron chi connectivity index (χ4n) is 2.25. The molecule has 23 heavy (non-hydrogen) atoms. The molecule has 0 radical (unpaired) electrons. The van der Waals surface area contributed by atoms with Crippen molar-refractivity contribution in [2.75, 3.05) is 11.1 Å². The number of rotatable bonds is 4. The number of hydrogen-bond acceptors (Lipinski definition) is 4. The van der Waals surface area contributed by atoms with E-state index in [2.05, 4.69) is 45.8 Å². The molecule has 6 nitrogen and oxygen atoms in total. The summed E-state index contributed by atoms with van der Waals surface area (Å²) in [7, 11) is 0. The Labute approximate surface area is 138 Å². The monoisotopic (exact) mass is 329 g/mol. The molecule has 0 saturated heterocycles. The molecule has 1 aromatic carbocycles. The second-order valence-electron chi connectivity index (χ2n) is 6.26. The number of amides is 1. The summed E-state index contributed by atoms with van der Waals surface area (Å²) in [6, 6.07) is 5.67. The van der Waals surface area contributed by atoms with Crippen molar-refractivity contribution < 1.29 is 4.79 Å². The van der Waals surface area contributed by atoms with E-state index in [-0.39, 0.29) is 11.4 Å². The molecule has 0 unspecified atom stereocenters. The van der Waals surface area contributed by atoms with E-state index in [1.165, 1.54) is 11.8 Å². The molecular weight excluding hydrogens is 310 g/mol. The summed E-state index contributed by atoms with van der Waals surface area (Å²) in [4.78, 5) is 16.5. The maximum atomic E-state index is 12.1. The Kier molecular flexibility index (Phi) is 4.12. The third kappa shape index (κ3) is 3.56. The van der Waals surface area contributed by atoms with Crippen LogP contribution >= 0.6 is 11.8 Å². The smallest absolute Gasteiger partial charge is 0.234 e. The minimum atomic E-state index is -0.0580. The van der Waals surface area contributed by atoms with Crippen LogP contribution in [0.5, 0.6) is 0 Å². The topological polar surface area (TPSA) is 75.6 Å². The summed E-state index contributed by atoms with van der Waals surface area (Å²) in [6.45, 7) is 6.33. The maximum Gasteiger partial charge on any atom is 0.234 e. The second-order valence-corrected chi connectivity index (χ2v) is 7.20. The third-order valence-electron chi connectivity index (χ3n) is 3.39. The van der Waals surface area contributed by atoms with Crippen molar-refractivity contribution in [3.63, 3.8) is 0 Å². The molecule has 1 amide bonds. The number of aromatic amines is 1. The Bertz CT molecular complexity index is 830. The number of hydrogen-bond donors (Lipinski definition) is 2. The number of imidazole rings is 1. The number of nitrogens with zero attached hydrogens (tertiary/aromatic N) is 3. The normalized spacial score (nSPS) is 11.8. The van der Waals surface area contributed by atoms with Gasteiger partial charge in [-0.1, -0.05) is 11.8 Å². The van der Waals surface area contributed by atoms with Crippen LogP contribution in [0.2, 0.25) is 0 Å². The first-order valence-corrected chi connectivity index (χ1v) is 8.32. The van der Waals surface area contributed by atoms with Gasteiger partial charge in [-0.2, -0.15) is 5.10 Å². The number of H-pyrrole nitrogens is 1. The first kappa shape index (κ1) is 15.6. The zero-order chi connectivity index (χ0) is 16.4. The molecule has 0 fully saturated rings. The van der Waals surface area contributed by atoms with Crippen LogP contribution in [0.25, 0.3) is 10.9 Å². The lowest BCUT2D eigenvalue weighted by Crippen LogP contribution is -2.22. The van der Waals surface area contributed by atoms with E-state index < -0.39 is 0 Å². The molecule has 120 valence electrons. The Hall–Kier alpha value is -2.28. The third-order valence-corrected chi connectivity index (χ3v) is 4.35. The quantitative estimate of drug-likeness (QED) is 0.721. The molecule has 0 aliphatic rings. The van der Waals surface area contributed by atoms with E-state index in [1.54, 1.807) is 12.4 Å². The minimum Gasteiger partial charge on any atom is -0.325 e. The lowest BCUT2D eigenvalue weighted by atomic mass is 10.1. The summed E-state index contributed by atoms with van der Waals surface area (Å²) < 4.78 is 2.07. The highest BCUT2D eigenvalue weighted by atomic mass is 32.2. The number of thioether (sulfide) groups is 1. The van der Waals surface area contributed by atoms with Gasteiger partial charge in [0.2, 0.25) is 5.91 Å². The van der Waals surface area contributed by atoms with Gasteiger partial charge in [-0.15, -0.1) is 0 Å². The Morgan fingerprint density at radius 1 is 1.39 bits per heavy atom. The molecule has 0 spiro atoms. The predicted molar refractivity (Wildman–Crippen MR) is 92.7 cm³/mol. The van der Waals surface area contributed by atoms with Crippen LogP contribution in [-0.4, -0.2) is 31.4 Å². The van der Waals surface area contributed by atoms with Crippen molar-refractivity contribution in [2.24, 2.45) is 0 Å². The van der Waals surface area contributed by atoms with Crippen molar-refractivity contribution in [3.05, 3.63) is 36.8 Å². The highest BCUT2D eigenvalue weighted by Crippen LogP contribution is 2.24. The SMILES string of the molecule is CC(C)(C)n1ccnc1SCC(=O)Nc1ccc2cn[nH]c2c1. The molecule has 0 saturated carbocycles. The summed E-state index contributed by atoms with van der Waals surface area (Å²) in [6.07, 6.45) is 5.45. The molecule has 7 heteroatoms. The van der Waals surface area contributed by atoms with Crippen LogP contribution in [0.1, 0.15) is 20.8 Å². The Morgan fingerprint density at radius 3 is 3.00 bits per heavy atom. The average Bonchev–Trinajstić information content (AvgIpc) is 3.12. The Morgan fingerprint density at radius 2 is 2.22 bits per heavy atom. The molecule has 0 atom stereocenters. The fourth-order valence-corrected chi connectivity index (χ4v) is 3.19. The highest BCUT2D eigenvalue weighted by Gasteiger charge is 2.17. The molecule has 2 N–H and O–H groups in total. The van der Waals surface area contributed by atoms with Gasteiger partial charge in [-0.25, -0.2) is 4.98 Å². The van der Waals surface area contributed by atoms with Crippen molar-refractivity contribution >= 4 is 34.3 Å². The van der Waals surface area contributed by atoms with Gasteiger partial charge in [-0.3, -0.25) is 9.89 Å². The Balaban J connectivity index is 1.62. The summed E-state index contributed by atoms with van der Waals surface area (Å²) >= 11 is 1.43. The first-order chi connectivity index (χ1) is 10.9. The zero-order valence-electron chi connectivity index (χ0n) is 13.3. The number of aromatic nitrogens is 4. The maximum absolute atomic E-state index is 12.1. The van der Waals surface area contributed by atoms with Crippen LogP contribution < -0.4 is 5.32 Å². The van der Waals surface area contributed by atoms with Crippen LogP contribution in [0, 0.1) is 0 Å². The fraction of sp³-hybridized carbons (Fsp3) is 0.312. The molecule has 3 aromatic rings. The number of benzene rings is 1. The first-order valence-electron chi connectivity index (χ1n) is 7.33. The largest absolute Gasteiger partial charge is 0.325 e. The van der Waals surface area contributed by atoms with E-state index in [9.17, 15) is 4.79 Å². The summed E-state index contributed by atoms with van der Waals surface area (Å²) in [5.74, 6) is 0.256. The molecule has 0 bridgehead atoms. The molecule has 0 aliphatic heterocycles. The van der Waals surface area contributed by atoms with Gasteiger partial charge in [0, 0.05) is 29.0 Å². The number of carbonyl (C=O) groups is 1. The van der Waals surface area contributed by atoms with E-state index in [1.807, 2.05) is 24.4 Å². The highest BCUT2D eigenvalue weighted by molar-refractivity contribution is 7.99. The molecule has 0 aliphatic carbocycles. The predicted octanol–water partition coefficient (Wildman–Crippen LogP) is 3.25. The van der Waals surface area contributed by atoms with E-state index in [4.69, 9.17) is 0 Å². The molecule has 2 aromatic heterocycles. The van der Waals surface area contributed by atoms with E-state index in [0.717, 1.165) is 21.7 Å². The van der Waals surface area contributed by atoms with Gasteiger partial charge in [0.1, 0.15) is 0 Å².